The van der Waals surface area contributed by atoms with Gasteiger partial charge in [-0.15, -0.1) is 0 Å². The molecule has 0 aromatic heterocycles. The van der Waals surface area contributed by atoms with Gasteiger partial charge in [0, 0.05) is 20.2 Å². The lowest BCUT2D eigenvalue weighted by molar-refractivity contribution is -0.135. The first-order valence-corrected chi connectivity index (χ1v) is 11.5. The predicted octanol–water partition coefficient (Wildman–Crippen LogP) is 6.74. The fraction of sp³-hybridized carbons (Fsp3) is 0.957. The molecule has 0 aromatic carbocycles. The Balaban J connectivity index is 3.76. The second kappa shape index (κ2) is 20.7. The third-order valence-electron chi connectivity index (χ3n) is 5.18. The molecule has 156 valence electrons. The number of rotatable bonds is 20. The number of hydrogen-bond acceptors (Lipinski definition) is 2. The third kappa shape index (κ3) is 16.9. The van der Waals surface area contributed by atoms with Crippen LogP contribution in [0.4, 0.5) is 0 Å². The molecule has 0 unspecified atom stereocenters. The molecule has 0 aliphatic carbocycles. The highest BCUT2D eigenvalue weighted by Gasteiger charge is 2.12. The van der Waals surface area contributed by atoms with E-state index < -0.39 is 0 Å². The van der Waals surface area contributed by atoms with Gasteiger partial charge >= 0.3 is 0 Å². The number of unbranched alkanes of at least 4 members (excludes halogenated alkanes) is 14. The average molecular weight is 370 g/mol. The molecular weight excluding hydrogens is 322 g/mol. The van der Waals surface area contributed by atoms with Crippen LogP contribution in [-0.4, -0.2) is 37.6 Å². The van der Waals surface area contributed by atoms with Crippen LogP contribution in [0.15, 0.2) is 0 Å². The maximum atomic E-state index is 12.2. The summed E-state index contributed by atoms with van der Waals surface area (Å²) < 4.78 is 5.06. The minimum absolute atomic E-state index is 0.165. The number of nitrogens with zero attached hydrogens (tertiary/aromatic N) is 1. The van der Waals surface area contributed by atoms with Gasteiger partial charge in [0.15, 0.2) is 0 Å². The molecule has 3 heteroatoms. The van der Waals surface area contributed by atoms with E-state index in [-0.39, 0.29) is 12.5 Å². The summed E-state index contributed by atoms with van der Waals surface area (Å²) in [5.41, 5.74) is 0. The second-order valence-electron chi connectivity index (χ2n) is 7.76. The highest BCUT2D eigenvalue weighted by Crippen LogP contribution is 2.11. The molecule has 0 radical (unpaired) electrons. The van der Waals surface area contributed by atoms with Gasteiger partial charge in [0.2, 0.25) is 5.91 Å². The predicted molar refractivity (Wildman–Crippen MR) is 114 cm³/mol. The van der Waals surface area contributed by atoms with Crippen LogP contribution in [0, 0.1) is 0 Å². The SMILES string of the molecule is CCCCCCCCCCN(CCCCCCCCCC)C(=O)COC. The highest BCUT2D eigenvalue weighted by atomic mass is 16.5. The first kappa shape index (κ1) is 25.4. The van der Waals surface area contributed by atoms with Crippen molar-refractivity contribution in [3.05, 3.63) is 0 Å². The van der Waals surface area contributed by atoms with Crippen molar-refractivity contribution >= 4 is 5.91 Å². The molecule has 0 bridgehead atoms. The molecule has 0 saturated carbocycles. The van der Waals surface area contributed by atoms with Crippen molar-refractivity contribution < 1.29 is 9.53 Å². The fourth-order valence-corrected chi connectivity index (χ4v) is 3.45. The Labute approximate surface area is 164 Å². The minimum Gasteiger partial charge on any atom is -0.375 e. The molecule has 0 aliphatic heterocycles. The lowest BCUT2D eigenvalue weighted by Crippen LogP contribution is -2.35. The van der Waals surface area contributed by atoms with Gasteiger partial charge in [-0.25, -0.2) is 0 Å². The van der Waals surface area contributed by atoms with Gasteiger partial charge in [0.1, 0.15) is 6.61 Å². The molecule has 0 N–H and O–H groups in total. The normalized spacial score (nSPS) is 11.0. The van der Waals surface area contributed by atoms with Crippen LogP contribution < -0.4 is 0 Å². The van der Waals surface area contributed by atoms with Gasteiger partial charge < -0.3 is 9.64 Å². The van der Waals surface area contributed by atoms with E-state index in [0.29, 0.717) is 0 Å². The first-order chi connectivity index (χ1) is 12.8. The standard InChI is InChI=1S/C23H47NO2/c1-4-6-8-10-12-14-16-18-20-24(23(25)22-26-3)21-19-17-15-13-11-9-7-5-2/h4-22H2,1-3H3. The van der Waals surface area contributed by atoms with Crippen LogP contribution in [0.5, 0.6) is 0 Å². The van der Waals surface area contributed by atoms with Crippen molar-refractivity contribution in [3.63, 3.8) is 0 Å². The molecule has 0 heterocycles. The molecule has 26 heavy (non-hydrogen) atoms. The van der Waals surface area contributed by atoms with E-state index in [2.05, 4.69) is 13.8 Å². The summed E-state index contributed by atoms with van der Waals surface area (Å²) >= 11 is 0. The summed E-state index contributed by atoms with van der Waals surface area (Å²) in [6, 6.07) is 0. The zero-order chi connectivity index (χ0) is 19.3. The van der Waals surface area contributed by atoms with Crippen LogP contribution in [0.1, 0.15) is 117 Å². The van der Waals surface area contributed by atoms with Gasteiger partial charge in [-0.05, 0) is 12.8 Å². The molecule has 0 fully saturated rings. The highest BCUT2D eigenvalue weighted by molar-refractivity contribution is 5.77. The van der Waals surface area contributed by atoms with Gasteiger partial charge in [-0.2, -0.15) is 0 Å². The summed E-state index contributed by atoms with van der Waals surface area (Å²) in [4.78, 5) is 14.3. The smallest absolute Gasteiger partial charge is 0.248 e. The van der Waals surface area contributed by atoms with E-state index in [1.165, 1.54) is 89.9 Å². The number of hydrogen-bond donors (Lipinski definition) is 0. The Morgan fingerprint density at radius 1 is 0.615 bits per heavy atom. The van der Waals surface area contributed by atoms with Crippen LogP contribution >= 0.6 is 0 Å². The summed E-state index contributed by atoms with van der Waals surface area (Å²) in [5.74, 6) is 0.165. The lowest BCUT2D eigenvalue weighted by atomic mass is 10.1. The molecule has 0 aromatic rings. The number of carbonyl (C=O) groups excluding carboxylic acids is 1. The number of ether oxygens (including phenoxy) is 1. The molecule has 0 atom stereocenters. The van der Waals surface area contributed by atoms with Crippen LogP contribution in [0.25, 0.3) is 0 Å². The summed E-state index contributed by atoms with van der Waals surface area (Å²) in [6.45, 7) is 6.57. The zero-order valence-electron chi connectivity index (χ0n) is 18.2. The maximum Gasteiger partial charge on any atom is 0.248 e. The molecule has 3 nitrogen and oxygen atoms in total. The third-order valence-corrected chi connectivity index (χ3v) is 5.18. The van der Waals surface area contributed by atoms with Gasteiger partial charge in [0.25, 0.3) is 0 Å². The van der Waals surface area contributed by atoms with E-state index in [1.54, 1.807) is 7.11 Å². The molecule has 0 rings (SSSR count). The zero-order valence-corrected chi connectivity index (χ0v) is 18.2. The Hall–Kier alpha value is -0.570. The van der Waals surface area contributed by atoms with Crippen LogP contribution in [-0.2, 0) is 9.53 Å². The van der Waals surface area contributed by atoms with E-state index in [0.717, 1.165) is 25.9 Å². The van der Waals surface area contributed by atoms with Gasteiger partial charge in [0.05, 0.1) is 0 Å². The van der Waals surface area contributed by atoms with Gasteiger partial charge in [-0.1, -0.05) is 104 Å². The Morgan fingerprint density at radius 2 is 0.962 bits per heavy atom. The first-order valence-electron chi connectivity index (χ1n) is 11.5. The fourth-order valence-electron chi connectivity index (χ4n) is 3.45. The van der Waals surface area contributed by atoms with Crippen molar-refractivity contribution in [1.82, 2.24) is 4.90 Å². The molecule has 0 aliphatic rings. The monoisotopic (exact) mass is 369 g/mol. The number of amides is 1. The van der Waals surface area contributed by atoms with E-state index in [9.17, 15) is 4.79 Å². The van der Waals surface area contributed by atoms with Crippen molar-refractivity contribution in [2.24, 2.45) is 0 Å². The number of carbonyl (C=O) groups is 1. The second-order valence-corrected chi connectivity index (χ2v) is 7.76. The minimum atomic E-state index is 0.165. The largest absolute Gasteiger partial charge is 0.375 e. The average Bonchev–Trinajstić information content (AvgIpc) is 2.64. The quantitative estimate of drug-likeness (QED) is 0.222. The van der Waals surface area contributed by atoms with Crippen molar-refractivity contribution in [2.45, 2.75) is 117 Å². The number of methoxy groups -OCH3 is 1. The van der Waals surface area contributed by atoms with E-state index >= 15 is 0 Å². The van der Waals surface area contributed by atoms with Gasteiger partial charge in [-0.3, -0.25) is 4.79 Å². The Bertz CT molecular complexity index is 274. The maximum absolute atomic E-state index is 12.2. The summed E-state index contributed by atoms with van der Waals surface area (Å²) in [6.07, 6.45) is 21.0. The van der Waals surface area contributed by atoms with Crippen LogP contribution in [0.2, 0.25) is 0 Å². The van der Waals surface area contributed by atoms with Crippen molar-refractivity contribution in [2.75, 3.05) is 26.8 Å². The molecular formula is C23H47NO2. The summed E-state index contributed by atoms with van der Waals surface area (Å²) in [5, 5.41) is 0. The molecule has 1 amide bonds. The van der Waals surface area contributed by atoms with Crippen molar-refractivity contribution in [3.8, 4) is 0 Å². The Kier molecular flexibility index (Phi) is 20.3. The summed E-state index contributed by atoms with van der Waals surface area (Å²) in [7, 11) is 1.61. The Morgan fingerprint density at radius 3 is 1.31 bits per heavy atom. The van der Waals surface area contributed by atoms with E-state index in [1.807, 2.05) is 4.90 Å². The van der Waals surface area contributed by atoms with Crippen molar-refractivity contribution in [1.29, 1.82) is 0 Å². The van der Waals surface area contributed by atoms with E-state index in [4.69, 9.17) is 4.74 Å². The molecule has 0 spiro atoms. The topological polar surface area (TPSA) is 29.5 Å². The van der Waals surface area contributed by atoms with Crippen LogP contribution in [0.3, 0.4) is 0 Å². The molecule has 0 saturated heterocycles. The lowest BCUT2D eigenvalue weighted by Gasteiger charge is -2.22.